The zero-order valence-corrected chi connectivity index (χ0v) is 17.9. The molecule has 1 saturated heterocycles. The molecule has 0 radical (unpaired) electrons. The van der Waals surface area contributed by atoms with E-state index in [1.807, 2.05) is 19.9 Å². The lowest BCUT2D eigenvalue weighted by molar-refractivity contribution is 0.153. The molecule has 1 atom stereocenters. The zero-order chi connectivity index (χ0) is 20.9. The first-order chi connectivity index (χ1) is 14.4. The first-order valence-electron chi connectivity index (χ1n) is 10.3. The molecule has 0 bridgehead atoms. The van der Waals surface area contributed by atoms with E-state index in [0.29, 0.717) is 24.5 Å². The average molecular weight is 428 g/mol. The second-order valence-electron chi connectivity index (χ2n) is 8.27. The predicted octanol–water partition coefficient (Wildman–Crippen LogP) is 3.81. The second kappa shape index (κ2) is 7.11. The number of nitrogens with one attached hydrogen (secondary N) is 1. The van der Waals surface area contributed by atoms with E-state index in [0.717, 1.165) is 36.1 Å². The van der Waals surface area contributed by atoms with Crippen LogP contribution in [0.25, 0.3) is 11.0 Å². The molecule has 3 heterocycles. The number of ether oxygens (including phenoxy) is 2. The van der Waals surface area contributed by atoms with Crippen molar-refractivity contribution in [3.8, 4) is 5.75 Å². The average Bonchev–Trinajstić information content (AvgIpc) is 3.33. The van der Waals surface area contributed by atoms with Gasteiger partial charge in [-0.15, -0.1) is 0 Å². The maximum atomic E-state index is 13.3. The summed E-state index contributed by atoms with van der Waals surface area (Å²) in [5.74, 6) is 1.43. The number of hydrogen-bond acceptors (Lipinski definition) is 6. The van der Waals surface area contributed by atoms with E-state index >= 15 is 0 Å². The van der Waals surface area contributed by atoms with Gasteiger partial charge in [-0.25, -0.2) is 8.42 Å². The molecule has 158 valence electrons. The van der Waals surface area contributed by atoms with Crippen LogP contribution in [0.1, 0.15) is 31.6 Å². The SMILES string of the molecule is CC(C)Oc1cccc(S(=O)(=O)c2ccc3c4c(oc3c2)C2(CCOC2)NCC4)c1. The van der Waals surface area contributed by atoms with E-state index in [9.17, 15) is 8.42 Å². The number of hydrogen-bond donors (Lipinski definition) is 1. The zero-order valence-electron chi connectivity index (χ0n) is 17.1. The van der Waals surface area contributed by atoms with Gasteiger partial charge in [-0.1, -0.05) is 6.07 Å². The molecule has 1 spiro atoms. The maximum absolute atomic E-state index is 13.3. The Bertz CT molecular complexity index is 1210. The van der Waals surface area contributed by atoms with Crippen LogP contribution in [0.2, 0.25) is 0 Å². The summed E-state index contributed by atoms with van der Waals surface area (Å²) in [5, 5.41) is 4.53. The fourth-order valence-electron chi connectivity index (χ4n) is 4.45. The molecule has 1 aromatic heterocycles. The Hall–Kier alpha value is -2.35. The highest BCUT2D eigenvalue weighted by Gasteiger charge is 2.44. The minimum absolute atomic E-state index is 0.0331. The Morgan fingerprint density at radius 2 is 1.97 bits per heavy atom. The fourth-order valence-corrected chi connectivity index (χ4v) is 5.76. The molecule has 3 aromatic rings. The normalized spacial score (nSPS) is 21.4. The second-order valence-corrected chi connectivity index (χ2v) is 10.2. The summed E-state index contributed by atoms with van der Waals surface area (Å²) in [6.45, 7) is 5.94. The molecule has 5 rings (SSSR count). The number of sulfone groups is 1. The standard InChI is InChI=1S/C23H25NO5S/c1-15(2)28-16-4-3-5-17(12-16)30(25,26)18-6-7-19-20-8-10-24-23(9-11-27-14-23)22(20)29-21(19)13-18/h3-7,12-13,15,24H,8-11,14H2,1-2H3. The molecule has 6 nitrogen and oxygen atoms in total. The van der Waals surface area contributed by atoms with Crippen LogP contribution in [0.5, 0.6) is 5.75 Å². The molecule has 0 amide bonds. The van der Waals surface area contributed by atoms with Gasteiger partial charge in [0.15, 0.2) is 0 Å². The van der Waals surface area contributed by atoms with Gasteiger partial charge in [0.2, 0.25) is 9.84 Å². The van der Waals surface area contributed by atoms with E-state index in [1.54, 1.807) is 36.4 Å². The number of rotatable bonds is 4. The van der Waals surface area contributed by atoms with Crippen molar-refractivity contribution in [2.75, 3.05) is 19.8 Å². The van der Waals surface area contributed by atoms with Crippen LogP contribution in [0, 0.1) is 0 Å². The van der Waals surface area contributed by atoms with Crippen molar-refractivity contribution in [3.05, 3.63) is 53.8 Å². The van der Waals surface area contributed by atoms with Crippen LogP contribution in [-0.2, 0) is 26.5 Å². The van der Waals surface area contributed by atoms with Crippen molar-refractivity contribution in [2.45, 2.75) is 48.1 Å². The Labute approximate surface area is 176 Å². The van der Waals surface area contributed by atoms with Gasteiger partial charge in [-0.3, -0.25) is 0 Å². The van der Waals surface area contributed by atoms with Gasteiger partial charge in [0.1, 0.15) is 22.6 Å². The number of furan rings is 1. The third-order valence-corrected chi connectivity index (χ3v) is 7.61. The topological polar surface area (TPSA) is 77.8 Å². The molecule has 30 heavy (non-hydrogen) atoms. The van der Waals surface area contributed by atoms with Gasteiger partial charge in [0, 0.05) is 30.2 Å². The van der Waals surface area contributed by atoms with E-state index in [4.69, 9.17) is 13.9 Å². The van der Waals surface area contributed by atoms with Crippen molar-refractivity contribution in [1.82, 2.24) is 5.32 Å². The summed E-state index contributed by atoms with van der Waals surface area (Å²) in [4.78, 5) is 0.422. The number of benzene rings is 2. The van der Waals surface area contributed by atoms with Crippen molar-refractivity contribution < 1.29 is 22.3 Å². The van der Waals surface area contributed by atoms with Crippen LogP contribution >= 0.6 is 0 Å². The molecular formula is C23H25NO5S. The molecule has 2 aliphatic rings. The molecule has 0 saturated carbocycles. The molecule has 2 aromatic carbocycles. The molecule has 2 aliphatic heterocycles. The first-order valence-corrected chi connectivity index (χ1v) is 11.8. The lowest BCUT2D eigenvalue weighted by Gasteiger charge is -2.31. The highest BCUT2D eigenvalue weighted by atomic mass is 32.2. The van der Waals surface area contributed by atoms with Crippen LogP contribution < -0.4 is 10.1 Å². The summed E-state index contributed by atoms with van der Waals surface area (Å²) in [6.07, 6.45) is 1.67. The molecule has 7 heteroatoms. The Kier molecular flexibility index (Phi) is 4.65. The van der Waals surface area contributed by atoms with Gasteiger partial charge in [0.05, 0.1) is 22.5 Å². The largest absolute Gasteiger partial charge is 0.491 e. The maximum Gasteiger partial charge on any atom is 0.206 e. The van der Waals surface area contributed by atoms with E-state index in [2.05, 4.69) is 5.32 Å². The lowest BCUT2D eigenvalue weighted by atomic mass is 9.87. The monoisotopic (exact) mass is 427 g/mol. The highest BCUT2D eigenvalue weighted by Crippen LogP contribution is 2.41. The minimum Gasteiger partial charge on any atom is -0.491 e. The van der Waals surface area contributed by atoms with Crippen LogP contribution in [0.3, 0.4) is 0 Å². The van der Waals surface area contributed by atoms with E-state index < -0.39 is 9.84 Å². The van der Waals surface area contributed by atoms with Gasteiger partial charge in [-0.05, 0) is 57.0 Å². The highest BCUT2D eigenvalue weighted by molar-refractivity contribution is 7.91. The van der Waals surface area contributed by atoms with Crippen LogP contribution in [-0.4, -0.2) is 34.3 Å². The molecular weight excluding hydrogens is 402 g/mol. The fraction of sp³-hybridized carbons (Fsp3) is 0.391. The first kappa shape index (κ1) is 19.6. The Balaban J connectivity index is 1.57. The summed E-state index contributed by atoms with van der Waals surface area (Å²) in [7, 11) is -3.70. The smallest absolute Gasteiger partial charge is 0.206 e. The van der Waals surface area contributed by atoms with Crippen molar-refractivity contribution in [1.29, 1.82) is 0 Å². The van der Waals surface area contributed by atoms with E-state index in [-0.39, 0.29) is 21.4 Å². The van der Waals surface area contributed by atoms with Gasteiger partial charge in [-0.2, -0.15) is 0 Å². The van der Waals surface area contributed by atoms with Crippen LogP contribution in [0.4, 0.5) is 0 Å². The van der Waals surface area contributed by atoms with Crippen molar-refractivity contribution >= 4 is 20.8 Å². The van der Waals surface area contributed by atoms with Crippen molar-refractivity contribution in [3.63, 3.8) is 0 Å². The third-order valence-electron chi connectivity index (χ3n) is 5.86. The number of fused-ring (bicyclic) bond motifs is 4. The summed E-state index contributed by atoms with van der Waals surface area (Å²) >= 11 is 0. The quantitative estimate of drug-likeness (QED) is 0.682. The summed E-state index contributed by atoms with van der Waals surface area (Å²) in [6, 6.07) is 11.8. The Morgan fingerprint density at radius 1 is 1.13 bits per heavy atom. The predicted molar refractivity (Wildman–Crippen MR) is 113 cm³/mol. The van der Waals surface area contributed by atoms with Gasteiger partial charge < -0.3 is 19.2 Å². The molecule has 0 aliphatic carbocycles. The molecule has 1 N–H and O–H groups in total. The molecule has 1 unspecified atom stereocenters. The minimum atomic E-state index is -3.70. The van der Waals surface area contributed by atoms with Crippen LogP contribution in [0.15, 0.2) is 56.7 Å². The Morgan fingerprint density at radius 3 is 2.73 bits per heavy atom. The summed E-state index contributed by atoms with van der Waals surface area (Å²) in [5.41, 5.74) is 1.46. The lowest BCUT2D eigenvalue weighted by Crippen LogP contribution is -2.47. The summed E-state index contributed by atoms with van der Waals surface area (Å²) < 4.78 is 44.1. The third kappa shape index (κ3) is 3.12. The van der Waals surface area contributed by atoms with Crippen molar-refractivity contribution in [2.24, 2.45) is 0 Å². The van der Waals surface area contributed by atoms with E-state index in [1.165, 1.54) is 0 Å². The molecule has 1 fully saturated rings. The van der Waals surface area contributed by atoms with Gasteiger partial charge in [0.25, 0.3) is 0 Å². The van der Waals surface area contributed by atoms with Gasteiger partial charge >= 0.3 is 0 Å².